The van der Waals surface area contributed by atoms with E-state index in [4.69, 9.17) is 0 Å². The van der Waals surface area contributed by atoms with E-state index in [9.17, 15) is 0 Å². The summed E-state index contributed by atoms with van der Waals surface area (Å²) in [7, 11) is 0.381. The lowest BCUT2D eigenvalue weighted by molar-refractivity contribution is 1.42. The Kier molecular flexibility index (Phi) is 2.81. The van der Waals surface area contributed by atoms with Crippen molar-refractivity contribution in [2.24, 2.45) is 0 Å². The smallest absolute Gasteiger partial charge is 0.0562 e. The van der Waals surface area contributed by atoms with Gasteiger partial charge < -0.3 is 0 Å². The van der Waals surface area contributed by atoms with E-state index in [-0.39, 0.29) is 0 Å². The average Bonchev–Trinajstić information content (AvgIpc) is 1.88. The van der Waals surface area contributed by atoms with E-state index < -0.39 is 0 Å². The van der Waals surface area contributed by atoms with Gasteiger partial charge in [-0.3, -0.25) is 0 Å². The highest BCUT2D eigenvalue weighted by Crippen LogP contribution is 2.15. The predicted octanol–water partition coefficient (Wildman–Crippen LogP) is 2.69. The molecule has 1 aromatic rings. The summed E-state index contributed by atoms with van der Waals surface area (Å²) in [5, 5.41) is 0. The maximum Gasteiger partial charge on any atom is 0.155 e. The molecular weight excluding hydrogens is 208 g/mol. The van der Waals surface area contributed by atoms with Crippen molar-refractivity contribution in [1.29, 1.82) is 0 Å². The predicted molar refractivity (Wildman–Crippen MR) is 51.6 cm³/mol. The first-order valence-corrected chi connectivity index (χ1v) is 5.87. The second-order valence-corrected chi connectivity index (χ2v) is 5.29. The molecule has 0 spiro atoms. The Balaban J connectivity index is 2.96. The molecule has 54 valence electrons. The van der Waals surface area contributed by atoms with Crippen LogP contribution in [0.1, 0.15) is 0 Å². The van der Waals surface area contributed by atoms with Gasteiger partial charge in [-0.15, -0.1) is 0 Å². The van der Waals surface area contributed by atoms with E-state index in [0.717, 1.165) is 0 Å². The summed E-state index contributed by atoms with van der Waals surface area (Å²) >= 11 is 3.43. The lowest BCUT2D eigenvalue weighted by Gasteiger charge is -1.94. The van der Waals surface area contributed by atoms with Crippen molar-refractivity contribution in [3.8, 4) is 0 Å². The Bertz CT molecular complexity index is 220. The molecule has 0 nitrogen and oxygen atoms in total. The van der Waals surface area contributed by atoms with E-state index in [1.807, 2.05) is 0 Å². The molecule has 0 aliphatic carbocycles. The van der Waals surface area contributed by atoms with E-state index in [2.05, 4.69) is 52.7 Å². The topological polar surface area (TPSA) is 0 Å². The molecule has 0 radical (unpaired) electrons. The number of rotatable bonds is 1. The van der Waals surface area contributed by atoms with E-state index in [1.54, 1.807) is 0 Å². The third kappa shape index (κ3) is 2.03. The minimum absolute atomic E-state index is 0.381. The third-order valence-corrected chi connectivity index (χ3v) is 2.96. The summed E-state index contributed by atoms with van der Waals surface area (Å²) < 4.78 is 1.17. The molecule has 10 heavy (non-hydrogen) atoms. The van der Waals surface area contributed by atoms with Crippen molar-refractivity contribution >= 4 is 26.8 Å². The van der Waals surface area contributed by atoms with Crippen LogP contribution in [0.5, 0.6) is 0 Å². The molecule has 0 saturated heterocycles. The minimum atomic E-state index is 0.381. The van der Waals surface area contributed by atoms with Gasteiger partial charge in [0.25, 0.3) is 0 Å². The molecule has 0 amide bonds. The number of benzene rings is 1. The Labute approximate surface area is 73.1 Å². The standard InChI is InChI=1S/C8H10BrS/c1-10(2)8-5-3-4-7(9)6-8/h3-6H,1-2H3/q+1. The highest BCUT2D eigenvalue weighted by atomic mass is 79.9. The maximum absolute atomic E-state index is 3.43. The highest BCUT2D eigenvalue weighted by molar-refractivity contribution is 9.10. The Morgan fingerprint density at radius 2 is 2.00 bits per heavy atom. The lowest BCUT2D eigenvalue weighted by Crippen LogP contribution is -1.94. The molecule has 0 unspecified atom stereocenters. The van der Waals surface area contributed by atoms with Crippen molar-refractivity contribution in [1.82, 2.24) is 0 Å². The first-order valence-electron chi connectivity index (χ1n) is 3.03. The van der Waals surface area contributed by atoms with Crippen LogP contribution in [0.15, 0.2) is 33.6 Å². The van der Waals surface area contributed by atoms with E-state index in [0.29, 0.717) is 10.9 Å². The quantitative estimate of drug-likeness (QED) is 0.636. The zero-order valence-electron chi connectivity index (χ0n) is 6.10. The summed E-state index contributed by atoms with van der Waals surface area (Å²) in [6.07, 6.45) is 4.45. The molecule has 0 heterocycles. The van der Waals surface area contributed by atoms with Gasteiger partial charge >= 0.3 is 0 Å². The fraction of sp³-hybridized carbons (Fsp3) is 0.250. The van der Waals surface area contributed by atoms with Gasteiger partial charge in [-0.05, 0) is 12.1 Å². The van der Waals surface area contributed by atoms with Crippen molar-refractivity contribution in [3.63, 3.8) is 0 Å². The molecule has 0 fully saturated rings. The first kappa shape index (κ1) is 8.15. The maximum atomic E-state index is 3.43. The normalized spacial score (nSPS) is 10.4. The molecule has 0 saturated carbocycles. The zero-order valence-corrected chi connectivity index (χ0v) is 8.50. The van der Waals surface area contributed by atoms with Gasteiger partial charge in [0.15, 0.2) is 4.90 Å². The second kappa shape index (κ2) is 3.44. The van der Waals surface area contributed by atoms with Gasteiger partial charge in [0.2, 0.25) is 0 Å². The van der Waals surface area contributed by atoms with E-state index in [1.165, 1.54) is 9.37 Å². The SMILES string of the molecule is C[S+](C)c1cccc(Br)c1. The Morgan fingerprint density at radius 3 is 2.40 bits per heavy atom. The van der Waals surface area contributed by atoms with Crippen molar-refractivity contribution in [2.75, 3.05) is 12.5 Å². The monoisotopic (exact) mass is 217 g/mol. The Hall–Kier alpha value is 0.0500. The number of halogens is 1. The van der Waals surface area contributed by atoms with Crippen LogP contribution in [0.3, 0.4) is 0 Å². The molecular formula is C8H10BrS+. The van der Waals surface area contributed by atoms with Crippen LogP contribution in [0.2, 0.25) is 0 Å². The second-order valence-electron chi connectivity index (χ2n) is 2.27. The fourth-order valence-corrected chi connectivity index (χ4v) is 1.99. The lowest BCUT2D eigenvalue weighted by atomic mass is 10.4. The summed E-state index contributed by atoms with van der Waals surface area (Å²) in [6.45, 7) is 0. The first-order chi connectivity index (χ1) is 4.70. The summed E-state index contributed by atoms with van der Waals surface area (Å²) in [4.78, 5) is 1.41. The number of hydrogen-bond donors (Lipinski definition) is 0. The van der Waals surface area contributed by atoms with Crippen LogP contribution in [0.4, 0.5) is 0 Å². The molecule has 1 rings (SSSR count). The van der Waals surface area contributed by atoms with Crippen LogP contribution in [-0.4, -0.2) is 12.5 Å². The van der Waals surface area contributed by atoms with Crippen LogP contribution in [-0.2, 0) is 10.9 Å². The largest absolute Gasteiger partial charge is 0.155 e. The van der Waals surface area contributed by atoms with Crippen molar-refractivity contribution in [3.05, 3.63) is 28.7 Å². The molecule has 0 bridgehead atoms. The van der Waals surface area contributed by atoms with Crippen molar-refractivity contribution in [2.45, 2.75) is 4.90 Å². The molecule has 0 aliphatic heterocycles. The van der Waals surface area contributed by atoms with Crippen LogP contribution < -0.4 is 0 Å². The fourth-order valence-electron chi connectivity index (χ4n) is 0.721. The van der Waals surface area contributed by atoms with Gasteiger partial charge in [0.1, 0.15) is 12.5 Å². The van der Waals surface area contributed by atoms with Crippen LogP contribution in [0.25, 0.3) is 0 Å². The highest BCUT2D eigenvalue weighted by Gasteiger charge is 2.06. The van der Waals surface area contributed by atoms with E-state index >= 15 is 0 Å². The molecule has 0 aliphatic rings. The molecule has 1 aromatic carbocycles. The van der Waals surface area contributed by atoms with Gasteiger partial charge in [0, 0.05) is 21.4 Å². The van der Waals surface area contributed by atoms with Gasteiger partial charge in [-0.25, -0.2) is 0 Å². The molecule has 0 aromatic heterocycles. The summed E-state index contributed by atoms with van der Waals surface area (Å²) in [5.41, 5.74) is 0. The Morgan fingerprint density at radius 1 is 1.30 bits per heavy atom. The zero-order chi connectivity index (χ0) is 7.56. The summed E-state index contributed by atoms with van der Waals surface area (Å²) in [5.74, 6) is 0. The van der Waals surface area contributed by atoms with Gasteiger partial charge in [0.05, 0.1) is 0 Å². The molecule has 2 heteroatoms. The summed E-state index contributed by atoms with van der Waals surface area (Å²) in [6, 6.07) is 8.46. The van der Waals surface area contributed by atoms with Crippen LogP contribution in [0, 0.1) is 0 Å². The third-order valence-electron chi connectivity index (χ3n) is 1.27. The molecule has 0 atom stereocenters. The van der Waals surface area contributed by atoms with Gasteiger partial charge in [-0.2, -0.15) is 0 Å². The van der Waals surface area contributed by atoms with Crippen LogP contribution >= 0.6 is 15.9 Å². The minimum Gasteiger partial charge on any atom is -0.0562 e. The number of hydrogen-bond acceptors (Lipinski definition) is 0. The van der Waals surface area contributed by atoms with Gasteiger partial charge in [-0.1, -0.05) is 22.0 Å². The molecule has 0 N–H and O–H groups in total. The van der Waals surface area contributed by atoms with Crippen molar-refractivity contribution < 1.29 is 0 Å². The average molecular weight is 218 g/mol.